The van der Waals surface area contributed by atoms with Crippen molar-refractivity contribution in [2.45, 2.75) is 6.42 Å². The van der Waals surface area contributed by atoms with E-state index in [1.165, 1.54) is 0 Å². The van der Waals surface area contributed by atoms with Crippen LogP contribution in [0.2, 0.25) is 0 Å². The molecule has 0 aromatic heterocycles. The van der Waals surface area contributed by atoms with Gasteiger partial charge < -0.3 is 4.74 Å². The van der Waals surface area contributed by atoms with Crippen molar-refractivity contribution < 1.29 is 17.9 Å². The Morgan fingerprint density at radius 1 is 1.44 bits per heavy atom. The molecule has 1 heterocycles. The van der Waals surface area contributed by atoms with Gasteiger partial charge in [-0.15, -0.1) is 0 Å². The van der Waals surface area contributed by atoms with Crippen LogP contribution >= 0.6 is 0 Å². The summed E-state index contributed by atoms with van der Waals surface area (Å²) >= 11 is 0. The number of Topliss-reactive ketones (excluding diaryl/α,β-unsaturated/α-hetero) is 1. The number of carbonyl (C=O) groups excluding carboxylic acids is 1. The molecule has 0 aliphatic carbocycles. The van der Waals surface area contributed by atoms with Crippen LogP contribution in [0.5, 0.6) is 5.75 Å². The Hall–Kier alpha value is -1.36. The van der Waals surface area contributed by atoms with Gasteiger partial charge >= 0.3 is 0 Å². The Bertz CT molecular complexity index is 531. The highest BCUT2D eigenvalue weighted by Crippen LogP contribution is 2.29. The van der Waals surface area contributed by atoms with Gasteiger partial charge in [-0.3, -0.25) is 4.79 Å². The second kappa shape index (κ2) is 3.90. The van der Waals surface area contributed by atoms with Crippen molar-refractivity contribution in [2.75, 3.05) is 18.6 Å². The highest BCUT2D eigenvalue weighted by molar-refractivity contribution is 7.91. The standard InChI is InChI=1S/C11H12O4S/c1-16(13,14)7-10(12)9-4-2-3-8-5-6-15-11(8)9/h2-4H,5-7H2,1H3. The van der Waals surface area contributed by atoms with E-state index in [-0.39, 0.29) is 0 Å². The average Bonchev–Trinajstić information content (AvgIpc) is 2.61. The minimum Gasteiger partial charge on any atom is -0.492 e. The molecule has 0 unspecified atom stereocenters. The zero-order chi connectivity index (χ0) is 11.8. The van der Waals surface area contributed by atoms with E-state index < -0.39 is 21.4 Å². The predicted molar refractivity (Wildman–Crippen MR) is 59.7 cm³/mol. The van der Waals surface area contributed by atoms with E-state index >= 15 is 0 Å². The summed E-state index contributed by atoms with van der Waals surface area (Å²) in [4.78, 5) is 11.8. The van der Waals surface area contributed by atoms with Crippen LogP contribution in [0, 0.1) is 0 Å². The Morgan fingerprint density at radius 2 is 2.19 bits per heavy atom. The Morgan fingerprint density at radius 3 is 2.88 bits per heavy atom. The molecule has 0 bridgehead atoms. The highest BCUT2D eigenvalue weighted by Gasteiger charge is 2.22. The molecule has 0 spiro atoms. The van der Waals surface area contributed by atoms with Crippen LogP contribution in [0.1, 0.15) is 15.9 Å². The second-order valence-corrected chi connectivity index (χ2v) is 6.03. The molecule has 1 aromatic carbocycles. The lowest BCUT2D eigenvalue weighted by molar-refractivity contribution is 0.101. The summed E-state index contributed by atoms with van der Waals surface area (Å²) in [5.74, 6) is -0.315. The first-order valence-corrected chi connectivity index (χ1v) is 6.99. The van der Waals surface area contributed by atoms with Gasteiger partial charge in [-0.2, -0.15) is 0 Å². The number of hydrogen-bond donors (Lipinski definition) is 0. The van der Waals surface area contributed by atoms with E-state index in [0.29, 0.717) is 17.9 Å². The van der Waals surface area contributed by atoms with Crippen molar-refractivity contribution in [1.82, 2.24) is 0 Å². The van der Waals surface area contributed by atoms with E-state index in [1.54, 1.807) is 12.1 Å². The minimum absolute atomic E-state index is 0.375. The molecule has 5 heteroatoms. The maximum atomic E-state index is 11.8. The number of fused-ring (bicyclic) bond motifs is 1. The quantitative estimate of drug-likeness (QED) is 0.735. The average molecular weight is 240 g/mol. The molecule has 0 N–H and O–H groups in total. The number of carbonyl (C=O) groups is 1. The molecule has 1 aromatic rings. The summed E-state index contributed by atoms with van der Waals surface area (Å²) in [5, 5.41) is 0. The number of hydrogen-bond acceptors (Lipinski definition) is 4. The van der Waals surface area contributed by atoms with Gasteiger partial charge in [-0.25, -0.2) is 8.42 Å². The molecule has 0 fully saturated rings. The first kappa shape index (κ1) is 11.1. The third-order valence-electron chi connectivity index (χ3n) is 2.41. The summed E-state index contributed by atoms with van der Waals surface area (Å²) in [7, 11) is -3.29. The topological polar surface area (TPSA) is 60.4 Å². The zero-order valence-corrected chi connectivity index (χ0v) is 9.71. The monoisotopic (exact) mass is 240 g/mol. The zero-order valence-electron chi connectivity index (χ0n) is 8.89. The molecule has 4 nitrogen and oxygen atoms in total. The van der Waals surface area contributed by atoms with Crippen LogP contribution in [0.3, 0.4) is 0 Å². The first-order chi connectivity index (χ1) is 7.47. The number of sulfone groups is 1. The van der Waals surface area contributed by atoms with Gasteiger partial charge in [0.15, 0.2) is 15.6 Å². The van der Waals surface area contributed by atoms with Crippen LogP contribution in [-0.4, -0.2) is 32.8 Å². The molecule has 0 atom stereocenters. The third-order valence-corrected chi connectivity index (χ3v) is 3.19. The maximum Gasteiger partial charge on any atom is 0.181 e. The van der Waals surface area contributed by atoms with Crippen molar-refractivity contribution in [2.24, 2.45) is 0 Å². The molecule has 2 rings (SSSR count). The number of ether oxygens (including phenoxy) is 1. The van der Waals surface area contributed by atoms with Crippen LogP contribution in [0.4, 0.5) is 0 Å². The van der Waals surface area contributed by atoms with Gasteiger partial charge in [0.1, 0.15) is 11.5 Å². The minimum atomic E-state index is -3.29. The molecule has 1 aliphatic rings. The highest BCUT2D eigenvalue weighted by atomic mass is 32.2. The molecular weight excluding hydrogens is 228 g/mol. The number of para-hydroxylation sites is 1. The van der Waals surface area contributed by atoms with E-state index in [9.17, 15) is 13.2 Å². The van der Waals surface area contributed by atoms with Gasteiger partial charge in [0.05, 0.1) is 12.2 Å². The van der Waals surface area contributed by atoms with Crippen molar-refractivity contribution in [3.05, 3.63) is 29.3 Å². The summed E-state index contributed by atoms with van der Waals surface area (Å²) in [5.41, 5.74) is 1.35. The largest absolute Gasteiger partial charge is 0.492 e. The van der Waals surface area contributed by atoms with Crippen LogP contribution in [-0.2, 0) is 16.3 Å². The van der Waals surface area contributed by atoms with Crippen LogP contribution in [0.15, 0.2) is 18.2 Å². The van der Waals surface area contributed by atoms with Gasteiger partial charge in [0, 0.05) is 12.7 Å². The molecule has 1 aliphatic heterocycles. The summed E-state index contributed by atoms with van der Waals surface area (Å²) in [6, 6.07) is 5.25. The Kier molecular flexibility index (Phi) is 2.71. The Balaban J connectivity index is 2.35. The molecule has 0 amide bonds. The van der Waals surface area contributed by atoms with Crippen LogP contribution < -0.4 is 4.74 Å². The lowest BCUT2D eigenvalue weighted by Crippen LogP contribution is -2.15. The van der Waals surface area contributed by atoms with Crippen molar-refractivity contribution >= 4 is 15.6 Å². The third kappa shape index (κ3) is 2.24. The molecular formula is C11H12O4S. The number of benzene rings is 1. The summed E-state index contributed by atoms with van der Waals surface area (Å²) in [6.45, 7) is 0.554. The fraction of sp³-hybridized carbons (Fsp3) is 0.364. The van der Waals surface area contributed by atoms with E-state index in [0.717, 1.165) is 18.2 Å². The predicted octanol–water partition coefficient (Wildman–Crippen LogP) is 0.849. The van der Waals surface area contributed by atoms with Crippen molar-refractivity contribution in [3.63, 3.8) is 0 Å². The smallest absolute Gasteiger partial charge is 0.181 e. The molecule has 16 heavy (non-hydrogen) atoms. The first-order valence-electron chi connectivity index (χ1n) is 4.93. The number of rotatable bonds is 3. The molecule has 0 saturated heterocycles. The van der Waals surface area contributed by atoms with Crippen molar-refractivity contribution in [3.8, 4) is 5.75 Å². The molecule has 86 valence electrons. The van der Waals surface area contributed by atoms with Crippen LogP contribution in [0.25, 0.3) is 0 Å². The van der Waals surface area contributed by atoms with Gasteiger partial charge in [0.25, 0.3) is 0 Å². The fourth-order valence-corrected chi connectivity index (χ4v) is 2.38. The second-order valence-electron chi connectivity index (χ2n) is 3.89. The van der Waals surface area contributed by atoms with Gasteiger partial charge in [-0.05, 0) is 11.6 Å². The van der Waals surface area contributed by atoms with E-state index in [1.807, 2.05) is 6.07 Å². The van der Waals surface area contributed by atoms with Crippen molar-refractivity contribution in [1.29, 1.82) is 0 Å². The SMILES string of the molecule is CS(=O)(=O)CC(=O)c1cccc2c1OCC2. The maximum absolute atomic E-state index is 11.8. The summed E-state index contributed by atoms with van der Waals surface area (Å²) < 4.78 is 27.5. The molecule has 0 saturated carbocycles. The van der Waals surface area contributed by atoms with E-state index in [2.05, 4.69) is 0 Å². The van der Waals surface area contributed by atoms with E-state index in [4.69, 9.17) is 4.74 Å². The van der Waals surface area contributed by atoms with Gasteiger partial charge in [-0.1, -0.05) is 12.1 Å². The normalized spacial score (nSPS) is 14.3. The summed E-state index contributed by atoms with van der Waals surface area (Å²) in [6.07, 6.45) is 1.82. The lowest BCUT2D eigenvalue weighted by atomic mass is 10.1. The lowest BCUT2D eigenvalue weighted by Gasteiger charge is -2.05. The molecule has 0 radical (unpaired) electrons. The fourth-order valence-electron chi connectivity index (χ4n) is 1.75. The Labute approximate surface area is 94.2 Å². The number of ketones is 1. The van der Waals surface area contributed by atoms with Gasteiger partial charge in [0.2, 0.25) is 0 Å².